The van der Waals surface area contributed by atoms with Crippen molar-refractivity contribution in [1.29, 1.82) is 0 Å². The maximum Gasteiger partial charge on any atom is 0.0396 e. The second kappa shape index (κ2) is 6.54. The molecule has 0 bridgehead atoms. The Morgan fingerprint density at radius 1 is 0.571 bits per heavy atom. The highest BCUT2D eigenvalue weighted by Crippen LogP contribution is 2.03. The Morgan fingerprint density at radius 2 is 0.786 bits per heavy atom. The Labute approximate surface area is 74.3 Å². The van der Waals surface area contributed by atoms with Gasteiger partial charge in [-0.25, -0.2) is 0 Å². The summed E-state index contributed by atoms with van der Waals surface area (Å²) in [5, 5.41) is 11.2. The van der Waals surface area contributed by atoms with Crippen molar-refractivity contribution >= 4 is 0 Å². The van der Waals surface area contributed by atoms with E-state index in [0.717, 1.165) is 0 Å². The molecule has 14 nitrogen and oxygen atoms in total. The minimum absolute atomic E-state index is 0.111. The van der Waals surface area contributed by atoms with Gasteiger partial charge in [-0.05, 0) is 0 Å². The molecule has 0 aliphatic rings. The fourth-order valence-electron chi connectivity index (χ4n) is 0.322. The predicted molar refractivity (Wildman–Crippen MR) is 40.3 cm³/mol. The summed E-state index contributed by atoms with van der Waals surface area (Å²) in [5.74, 6) is 0. The number of hydrazine groups is 1. The average molecular weight is 196 g/mol. The molecule has 0 aromatic heterocycles. The van der Waals surface area contributed by atoms with Crippen molar-refractivity contribution < 1.29 is 0 Å². The Balaban J connectivity index is 5.07. The number of hydrogen-bond acceptors (Lipinski definition) is 4. The standard InChI is InChI=1S/N14/c1-5-9-13(10-6-2)14(11-7-3)12-8-4. The lowest BCUT2D eigenvalue weighted by Gasteiger charge is -2.07. The van der Waals surface area contributed by atoms with Crippen molar-refractivity contribution in [2.75, 3.05) is 0 Å². The number of hydrogen-bond donors (Lipinski definition) is 0. The predicted octanol–water partition coefficient (Wildman–Crippen LogP) is 2.41. The van der Waals surface area contributed by atoms with Gasteiger partial charge in [-0.15, -0.1) is 22.1 Å². The molecule has 0 amide bonds. The molecule has 0 aliphatic carbocycles. The van der Waals surface area contributed by atoms with Crippen LogP contribution in [0, 0.1) is 0 Å². The van der Waals surface area contributed by atoms with Crippen molar-refractivity contribution in [3.05, 3.63) is 41.8 Å². The summed E-state index contributed by atoms with van der Waals surface area (Å²) in [4.78, 5) is 8.87. The molecule has 0 aromatic rings. The van der Waals surface area contributed by atoms with Crippen LogP contribution in [0.1, 0.15) is 0 Å². The molecule has 0 radical (unpaired) electrons. The zero-order valence-electron chi connectivity index (χ0n) is 6.26. The molecular weight excluding hydrogens is 196 g/mol. The zero-order valence-corrected chi connectivity index (χ0v) is 6.26. The third kappa shape index (κ3) is 3.30. The molecule has 0 spiro atoms. The largest absolute Gasteiger partial charge is 0.165 e. The molecule has 0 unspecified atom stereocenters. The highest BCUT2D eigenvalue weighted by Gasteiger charge is 2.13. The van der Waals surface area contributed by atoms with Gasteiger partial charge in [-0.3, -0.25) is 0 Å². The van der Waals surface area contributed by atoms with Gasteiger partial charge in [0.2, 0.25) is 0 Å². The van der Waals surface area contributed by atoms with E-state index in [1.165, 1.54) is 0 Å². The smallest absolute Gasteiger partial charge is 0.0396 e. The Bertz CT molecular complexity index is 285. The van der Waals surface area contributed by atoms with E-state index in [9.17, 15) is 0 Å². The minimum atomic E-state index is 0.111. The normalized spacial score (nSPS) is 6.57. The molecule has 0 saturated heterocycles. The molecule has 0 rings (SSSR count). The summed E-state index contributed by atoms with van der Waals surface area (Å²) in [6.45, 7) is 0. The average Bonchev–Trinajstić information content (AvgIpc) is 2.17. The van der Waals surface area contributed by atoms with E-state index in [1.807, 2.05) is 0 Å². The minimum Gasteiger partial charge on any atom is -0.165 e. The number of azide groups is 2. The fourth-order valence-corrected chi connectivity index (χ4v) is 0.322. The molecule has 14 heteroatoms. The van der Waals surface area contributed by atoms with Crippen molar-refractivity contribution in [3.63, 3.8) is 0 Å². The topological polar surface area (TPSA) is 202 Å². The van der Waals surface area contributed by atoms with Crippen LogP contribution < -0.4 is 0 Å². The summed E-state index contributed by atoms with van der Waals surface area (Å²) in [6, 6.07) is 0. The van der Waals surface area contributed by atoms with E-state index in [2.05, 4.69) is 40.5 Å². The van der Waals surface area contributed by atoms with Crippen LogP contribution in [-0.2, 0) is 0 Å². The third-order valence-electron chi connectivity index (χ3n) is 0.640. The van der Waals surface area contributed by atoms with Crippen LogP contribution in [0.2, 0.25) is 0 Å². The zero-order chi connectivity index (χ0) is 10.8. The number of nitrogens with zero attached hydrogens (tertiary/aromatic N) is 14. The highest BCUT2D eigenvalue weighted by atomic mass is 16.1. The van der Waals surface area contributed by atoms with Gasteiger partial charge < -0.3 is 0 Å². The van der Waals surface area contributed by atoms with Crippen LogP contribution in [0.15, 0.2) is 20.9 Å². The third-order valence-corrected chi connectivity index (χ3v) is 0.640. The molecule has 70 valence electrons. The monoisotopic (exact) mass is 196 g/mol. The van der Waals surface area contributed by atoms with Crippen LogP contribution in [-0.4, -0.2) is 10.5 Å². The first-order valence-electron chi connectivity index (χ1n) is 2.60. The first kappa shape index (κ1) is 10.8. The molecule has 0 N–H and O–H groups in total. The van der Waals surface area contributed by atoms with Crippen molar-refractivity contribution in [2.24, 2.45) is 20.9 Å². The van der Waals surface area contributed by atoms with Crippen LogP contribution in [0.25, 0.3) is 41.8 Å². The maximum atomic E-state index is 7.99. The first-order valence-corrected chi connectivity index (χ1v) is 2.60. The Morgan fingerprint density at radius 3 is 0.929 bits per heavy atom. The van der Waals surface area contributed by atoms with E-state index in [0.29, 0.717) is 0 Å². The number of rotatable bonds is 5. The van der Waals surface area contributed by atoms with E-state index < -0.39 is 0 Å². The van der Waals surface area contributed by atoms with Gasteiger partial charge in [0.25, 0.3) is 0 Å². The van der Waals surface area contributed by atoms with Gasteiger partial charge in [0.15, 0.2) is 0 Å². The van der Waals surface area contributed by atoms with E-state index in [1.54, 1.807) is 0 Å². The van der Waals surface area contributed by atoms with Gasteiger partial charge in [-0.2, -0.15) is 19.6 Å². The molecule has 0 atom stereocenters. The lowest BCUT2D eigenvalue weighted by Crippen LogP contribution is -2.23. The second-order valence-electron chi connectivity index (χ2n) is 1.25. The molecular formula is N14. The summed E-state index contributed by atoms with van der Waals surface area (Å²) in [5.41, 5.74) is 31.9. The summed E-state index contributed by atoms with van der Waals surface area (Å²) in [6.07, 6.45) is 0. The van der Waals surface area contributed by atoms with Gasteiger partial charge in [0, 0.05) is 31.3 Å². The van der Waals surface area contributed by atoms with E-state index in [4.69, 9.17) is 22.1 Å². The van der Waals surface area contributed by atoms with Gasteiger partial charge in [0.1, 0.15) is 0 Å². The lowest BCUT2D eigenvalue weighted by molar-refractivity contribution is -0.0283. The fraction of sp³-hybridized carbons (Fsp3) is 0. The van der Waals surface area contributed by atoms with Crippen LogP contribution >= 0.6 is 0 Å². The SMILES string of the molecule is [N-]=[N+]=NN(N=[N+]=[N-])N(N=[N+]=[N-])N=[N+]=[N-]. The second-order valence-corrected chi connectivity index (χ2v) is 1.25. The summed E-state index contributed by atoms with van der Waals surface area (Å²) < 4.78 is 0. The van der Waals surface area contributed by atoms with Crippen molar-refractivity contribution in [3.8, 4) is 0 Å². The highest BCUT2D eigenvalue weighted by molar-refractivity contribution is 4.46. The van der Waals surface area contributed by atoms with Gasteiger partial charge in [0.05, 0.1) is 0 Å². The summed E-state index contributed by atoms with van der Waals surface area (Å²) in [7, 11) is 0. The Kier molecular flexibility index (Phi) is 5.07. The molecule has 0 heterocycles. The van der Waals surface area contributed by atoms with Gasteiger partial charge in [-0.1, -0.05) is 0 Å². The Hall–Kier alpha value is -3.16. The molecule has 0 aromatic carbocycles. The van der Waals surface area contributed by atoms with Crippen LogP contribution in [0.4, 0.5) is 0 Å². The lowest BCUT2D eigenvalue weighted by atomic mass is 11.9. The first-order chi connectivity index (χ1) is 6.79. The van der Waals surface area contributed by atoms with Crippen LogP contribution in [0.5, 0.6) is 0 Å². The molecule has 0 fully saturated rings. The van der Waals surface area contributed by atoms with Crippen LogP contribution in [0.3, 0.4) is 0 Å². The van der Waals surface area contributed by atoms with Crippen molar-refractivity contribution in [1.82, 2.24) is 10.5 Å². The molecule has 0 saturated carbocycles. The maximum absolute atomic E-state index is 7.99. The molecule has 0 aliphatic heterocycles. The van der Waals surface area contributed by atoms with Gasteiger partial charge >= 0.3 is 0 Å². The quantitative estimate of drug-likeness (QED) is 0.281. The van der Waals surface area contributed by atoms with E-state index in [-0.39, 0.29) is 10.5 Å². The molecule has 14 heavy (non-hydrogen) atoms. The summed E-state index contributed by atoms with van der Waals surface area (Å²) >= 11 is 0. The van der Waals surface area contributed by atoms with E-state index >= 15 is 0 Å². The van der Waals surface area contributed by atoms with Crippen molar-refractivity contribution in [2.45, 2.75) is 0 Å².